The number of hydrogen-bond donors (Lipinski definition) is 0. The average Bonchev–Trinajstić information content (AvgIpc) is 3.22. The van der Waals surface area contributed by atoms with Crippen molar-refractivity contribution in [1.82, 2.24) is 0 Å². The molecule has 1 aliphatic rings. The fourth-order valence-electron chi connectivity index (χ4n) is 2.56. The minimum absolute atomic E-state index is 0.183. The zero-order valence-corrected chi connectivity index (χ0v) is 10.3. The summed E-state index contributed by atoms with van der Waals surface area (Å²) in [4.78, 5) is 12.5. The van der Waals surface area contributed by atoms with Crippen molar-refractivity contribution in [3.63, 3.8) is 0 Å². The largest absolute Gasteiger partial charge is 0.298 e. The predicted molar refractivity (Wildman–Crippen MR) is 72.5 cm³/mol. The monoisotopic (exact) mass is 236 g/mol. The smallest absolute Gasteiger partial charge is 0.147 e. The highest BCUT2D eigenvalue weighted by Crippen LogP contribution is 2.49. The van der Waals surface area contributed by atoms with Gasteiger partial charge < -0.3 is 0 Å². The van der Waals surface area contributed by atoms with Gasteiger partial charge in [0.15, 0.2) is 0 Å². The van der Waals surface area contributed by atoms with E-state index in [1.54, 1.807) is 0 Å². The number of carbonyl (C=O) groups is 1. The molecule has 0 amide bonds. The van der Waals surface area contributed by atoms with Gasteiger partial charge >= 0.3 is 0 Å². The van der Waals surface area contributed by atoms with Gasteiger partial charge in [0.1, 0.15) is 5.78 Å². The van der Waals surface area contributed by atoms with Gasteiger partial charge in [-0.25, -0.2) is 0 Å². The zero-order valence-electron chi connectivity index (χ0n) is 10.3. The van der Waals surface area contributed by atoms with Gasteiger partial charge in [0.25, 0.3) is 0 Å². The third kappa shape index (κ3) is 1.97. The van der Waals surface area contributed by atoms with Crippen LogP contribution in [-0.2, 0) is 16.6 Å². The third-order valence-electron chi connectivity index (χ3n) is 3.82. The van der Waals surface area contributed by atoms with Crippen LogP contribution in [-0.4, -0.2) is 5.78 Å². The lowest BCUT2D eigenvalue weighted by Gasteiger charge is -2.14. The second kappa shape index (κ2) is 4.41. The Morgan fingerprint density at radius 1 is 0.889 bits per heavy atom. The van der Waals surface area contributed by atoms with Gasteiger partial charge in [0.2, 0.25) is 0 Å². The third-order valence-corrected chi connectivity index (χ3v) is 3.82. The molecular weight excluding hydrogens is 220 g/mol. The Kier molecular flexibility index (Phi) is 2.75. The average molecular weight is 236 g/mol. The van der Waals surface area contributed by atoms with Crippen LogP contribution in [0.4, 0.5) is 0 Å². The highest BCUT2D eigenvalue weighted by molar-refractivity contribution is 5.94. The molecule has 0 N–H and O–H groups in total. The van der Waals surface area contributed by atoms with Gasteiger partial charge in [-0.05, 0) is 24.0 Å². The molecule has 0 atom stereocenters. The Balaban J connectivity index is 1.81. The van der Waals surface area contributed by atoms with Crippen LogP contribution in [0.5, 0.6) is 0 Å². The highest BCUT2D eigenvalue weighted by atomic mass is 16.1. The molecule has 90 valence electrons. The van der Waals surface area contributed by atoms with Gasteiger partial charge in [0.05, 0.1) is 5.41 Å². The molecule has 3 rings (SSSR count). The number of hydrogen-bond acceptors (Lipinski definition) is 1. The van der Waals surface area contributed by atoms with Crippen molar-refractivity contribution < 1.29 is 4.79 Å². The lowest BCUT2D eigenvalue weighted by atomic mass is 9.88. The molecule has 18 heavy (non-hydrogen) atoms. The van der Waals surface area contributed by atoms with E-state index in [2.05, 4.69) is 12.1 Å². The molecule has 0 spiro atoms. The van der Waals surface area contributed by atoms with Crippen molar-refractivity contribution in [2.75, 3.05) is 0 Å². The maximum Gasteiger partial charge on any atom is 0.147 e. The van der Waals surface area contributed by atoms with Crippen LogP contribution < -0.4 is 0 Å². The van der Waals surface area contributed by atoms with Gasteiger partial charge in [-0.1, -0.05) is 60.7 Å². The summed E-state index contributed by atoms with van der Waals surface area (Å²) in [6.07, 6.45) is 2.56. The molecular formula is C17H16O. The Labute approximate surface area is 107 Å². The summed E-state index contributed by atoms with van der Waals surface area (Å²) in [5.74, 6) is 0.361. The lowest BCUT2D eigenvalue weighted by molar-refractivity contribution is -0.120. The molecule has 1 nitrogen and oxygen atoms in total. The second-order valence-electron chi connectivity index (χ2n) is 5.03. The molecule has 1 aliphatic carbocycles. The molecule has 2 aromatic carbocycles. The first kappa shape index (κ1) is 11.2. The normalized spacial score (nSPS) is 16.2. The second-order valence-corrected chi connectivity index (χ2v) is 5.03. The van der Waals surface area contributed by atoms with E-state index in [1.165, 1.54) is 5.56 Å². The zero-order chi connectivity index (χ0) is 12.4. The molecule has 2 aromatic rings. The van der Waals surface area contributed by atoms with Crippen molar-refractivity contribution in [3.05, 3.63) is 71.8 Å². The standard InChI is InChI=1S/C17H16O/c18-16(13-14-7-3-1-4-8-14)17(11-12-17)15-9-5-2-6-10-15/h1-10H,11-13H2. The van der Waals surface area contributed by atoms with Crippen LogP contribution in [0.25, 0.3) is 0 Å². The van der Waals surface area contributed by atoms with Crippen LogP contribution >= 0.6 is 0 Å². The minimum atomic E-state index is -0.183. The molecule has 0 bridgehead atoms. The number of Topliss-reactive ketones (excluding diaryl/α,β-unsaturated/α-hetero) is 1. The Hall–Kier alpha value is -1.89. The van der Waals surface area contributed by atoms with Crippen molar-refractivity contribution in [2.24, 2.45) is 0 Å². The van der Waals surface area contributed by atoms with Crippen molar-refractivity contribution in [2.45, 2.75) is 24.7 Å². The summed E-state index contributed by atoms with van der Waals surface area (Å²) < 4.78 is 0. The molecule has 0 aromatic heterocycles. The summed E-state index contributed by atoms with van der Waals surface area (Å²) in [5, 5.41) is 0. The van der Waals surface area contributed by atoms with Gasteiger partial charge in [0, 0.05) is 6.42 Å². The summed E-state index contributed by atoms with van der Waals surface area (Å²) in [5.41, 5.74) is 2.12. The van der Waals surface area contributed by atoms with Crippen molar-refractivity contribution in [3.8, 4) is 0 Å². The van der Waals surface area contributed by atoms with Crippen LogP contribution in [0.3, 0.4) is 0 Å². The molecule has 0 aliphatic heterocycles. The van der Waals surface area contributed by atoms with Crippen molar-refractivity contribution >= 4 is 5.78 Å². The fourth-order valence-corrected chi connectivity index (χ4v) is 2.56. The molecule has 1 heteroatoms. The van der Waals surface area contributed by atoms with Gasteiger partial charge in [-0.15, -0.1) is 0 Å². The maximum absolute atomic E-state index is 12.5. The summed E-state index contributed by atoms with van der Waals surface area (Å²) in [7, 11) is 0. The van der Waals surface area contributed by atoms with Gasteiger partial charge in [-0.3, -0.25) is 4.79 Å². The van der Waals surface area contributed by atoms with Gasteiger partial charge in [-0.2, -0.15) is 0 Å². The first-order chi connectivity index (χ1) is 8.81. The maximum atomic E-state index is 12.5. The van der Waals surface area contributed by atoms with E-state index in [0.717, 1.165) is 18.4 Å². The van der Waals surface area contributed by atoms with Crippen LogP contribution in [0, 0.1) is 0 Å². The minimum Gasteiger partial charge on any atom is -0.298 e. The quantitative estimate of drug-likeness (QED) is 0.793. The summed E-state index contributed by atoms with van der Waals surface area (Å²) >= 11 is 0. The molecule has 0 saturated heterocycles. The van der Waals surface area contributed by atoms with E-state index in [-0.39, 0.29) is 5.41 Å². The van der Waals surface area contributed by atoms with E-state index in [0.29, 0.717) is 12.2 Å². The summed E-state index contributed by atoms with van der Waals surface area (Å²) in [6, 6.07) is 20.2. The number of benzene rings is 2. The molecule has 0 radical (unpaired) electrons. The highest BCUT2D eigenvalue weighted by Gasteiger charge is 2.50. The van der Waals surface area contributed by atoms with Crippen LogP contribution in [0.2, 0.25) is 0 Å². The molecule has 0 unspecified atom stereocenters. The topological polar surface area (TPSA) is 17.1 Å². The van der Waals surface area contributed by atoms with Crippen LogP contribution in [0.15, 0.2) is 60.7 Å². The Bertz CT molecular complexity index is 538. The SMILES string of the molecule is O=C(Cc1ccccc1)C1(c2ccccc2)CC1. The predicted octanol–water partition coefficient (Wildman–Crippen LogP) is 3.53. The Morgan fingerprint density at radius 3 is 2.00 bits per heavy atom. The lowest BCUT2D eigenvalue weighted by Crippen LogP contribution is -2.22. The van der Waals surface area contributed by atoms with Crippen molar-refractivity contribution in [1.29, 1.82) is 0 Å². The first-order valence-electron chi connectivity index (χ1n) is 6.44. The van der Waals surface area contributed by atoms with E-state index in [1.807, 2.05) is 48.5 Å². The number of carbonyl (C=O) groups excluding carboxylic acids is 1. The Morgan fingerprint density at radius 2 is 1.44 bits per heavy atom. The first-order valence-corrected chi connectivity index (χ1v) is 6.44. The summed E-state index contributed by atoms with van der Waals surface area (Å²) in [6.45, 7) is 0. The molecule has 0 heterocycles. The van der Waals surface area contributed by atoms with E-state index < -0.39 is 0 Å². The number of ketones is 1. The molecule has 1 fully saturated rings. The van der Waals surface area contributed by atoms with E-state index >= 15 is 0 Å². The van der Waals surface area contributed by atoms with E-state index in [9.17, 15) is 4.79 Å². The molecule has 1 saturated carbocycles. The number of rotatable bonds is 4. The van der Waals surface area contributed by atoms with E-state index in [4.69, 9.17) is 0 Å². The van der Waals surface area contributed by atoms with Crippen LogP contribution in [0.1, 0.15) is 24.0 Å². The fraction of sp³-hybridized carbons (Fsp3) is 0.235.